The van der Waals surface area contributed by atoms with E-state index >= 15 is 0 Å². The summed E-state index contributed by atoms with van der Waals surface area (Å²) in [5.74, 6) is 0.269. The summed E-state index contributed by atoms with van der Waals surface area (Å²) in [6, 6.07) is 8.67. The van der Waals surface area contributed by atoms with Crippen LogP contribution < -0.4 is 10.6 Å². The smallest absolute Gasteiger partial charge is 0.240 e. The maximum absolute atomic E-state index is 12.4. The Morgan fingerprint density at radius 2 is 1.93 bits per heavy atom. The number of hydrogen-bond acceptors (Lipinski definition) is 6. The second-order valence-electron chi connectivity index (χ2n) is 7.20. The lowest BCUT2D eigenvalue weighted by atomic mass is 9.95. The summed E-state index contributed by atoms with van der Waals surface area (Å²) in [5.41, 5.74) is 1.46. The van der Waals surface area contributed by atoms with Gasteiger partial charge in [-0.05, 0) is 51.9 Å². The van der Waals surface area contributed by atoms with Crippen LogP contribution in [0.25, 0.3) is 0 Å². The molecule has 0 unspecified atom stereocenters. The van der Waals surface area contributed by atoms with E-state index in [1.54, 1.807) is 32.0 Å². The Labute approximate surface area is 169 Å². The fraction of sp³-hybridized carbons (Fsp3) is 0.381. The molecule has 1 fully saturated rings. The zero-order chi connectivity index (χ0) is 21.0. The number of benzene rings is 1. The van der Waals surface area contributed by atoms with Gasteiger partial charge in [0.1, 0.15) is 23.1 Å². The fourth-order valence-electron chi connectivity index (χ4n) is 3.39. The van der Waals surface area contributed by atoms with E-state index in [-0.39, 0.29) is 35.9 Å². The first-order valence-corrected chi connectivity index (χ1v) is 9.50. The summed E-state index contributed by atoms with van der Waals surface area (Å²) in [4.78, 5) is 26.7. The number of amides is 2. The van der Waals surface area contributed by atoms with E-state index < -0.39 is 0 Å². The van der Waals surface area contributed by atoms with E-state index in [9.17, 15) is 20.0 Å². The van der Waals surface area contributed by atoms with Gasteiger partial charge < -0.3 is 14.8 Å². The summed E-state index contributed by atoms with van der Waals surface area (Å²) in [6.45, 7) is 4.90. The van der Waals surface area contributed by atoms with Crippen molar-refractivity contribution in [1.29, 1.82) is 5.26 Å². The van der Waals surface area contributed by atoms with Crippen molar-refractivity contribution in [3.63, 3.8) is 0 Å². The van der Waals surface area contributed by atoms with Gasteiger partial charge >= 0.3 is 0 Å². The molecule has 3 N–H and O–H groups in total. The van der Waals surface area contributed by atoms with E-state index in [0.29, 0.717) is 42.9 Å². The van der Waals surface area contributed by atoms with Crippen molar-refractivity contribution in [2.75, 3.05) is 30.3 Å². The van der Waals surface area contributed by atoms with Gasteiger partial charge in [-0.15, -0.1) is 0 Å². The highest BCUT2D eigenvalue weighted by Crippen LogP contribution is 2.26. The number of aromatic hydroxyl groups is 1. The molecular weight excluding hydrogens is 372 g/mol. The number of para-hydroxylation sites is 2. The Morgan fingerprint density at radius 1 is 1.24 bits per heavy atom. The number of nitrogens with zero attached hydrogens (tertiary/aromatic N) is 2. The topological polar surface area (TPSA) is 119 Å². The van der Waals surface area contributed by atoms with Gasteiger partial charge in [-0.1, -0.05) is 12.1 Å². The molecule has 0 aliphatic carbocycles. The van der Waals surface area contributed by atoms with Crippen LogP contribution in [-0.2, 0) is 9.59 Å². The second kappa shape index (κ2) is 8.80. The molecule has 1 aromatic heterocycles. The average Bonchev–Trinajstić information content (AvgIpc) is 2.96. The summed E-state index contributed by atoms with van der Waals surface area (Å²) in [7, 11) is 0. The number of anilines is 2. The highest BCUT2D eigenvalue weighted by atomic mass is 16.4. The van der Waals surface area contributed by atoms with Crippen LogP contribution >= 0.6 is 0 Å². The largest absolute Gasteiger partial charge is 0.506 e. The van der Waals surface area contributed by atoms with Gasteiger partial charge in [-0.25, -0.2) is 0 Å². The van der Waals surface area contributed by atoms with E-state index in [1.165, 1.54) is 6.07 Å². The van der Waals surface area contributed by atoms with Crippen molar-refractivity contribution in [1.82, 2.24) is 4.90 Å². The third-order valence-corrected chi connectivity index (χ3v) is 5.24. The maximum atomic E-state index is 12.4. The first-order chi connectivity index (χ1) is 13.9. The Bertz CT molecular complexity index is 952. The quantitative estimate of drug-likeness (QED) is 0.669. The Balaban J connectivity index is 1.49. The number of likely N-dealkylation sites (tertiary alicyclic amines) is 1. The fourth-order valence-corrected chi connectivity index (χ4v) is 3.39. The van der Waals surface area contributed by atoms with Crippen LogP contribution in [0.4, 0.5) is 11.6 Å². The lowest BCUT2D eigenvalue weighted by Crippen LogP contribution is -2.41. The number of nitriles is 1. The number of hydrogen-bond donors (Lipinski definition) is 3. The second-order valence-corrected chi connectivity index (χ2v) is 7.20. The molecule has 8 heteroatoms. The standard InChI is InChI=1S/C21H24N4O4/c1-13-14(2)29-21(16(13)11-22)24-19(27)12-25-9-7-15(8-10-25)20(28)23-17-5-3-4-6-18(17)26/h3-6,15,26H,7-10,12H2,1-2H3,(H,23,28)(H,24,27). The molecule has 2 amide bonds. The number of furan rings is 1. The predicted molar refractivity (Wildman–Crippen MR) is 107 cm³/mol. The molecule has 0 saturated carbocycles. The number of aryl methyl sites for hydroxylation is 1. The molecule has 2 heterocycles. The average molecular weight is 396 g/mol. The van der Waals surface area contributed by atoms with Crippen LogP contribution in [0.3, 0.4) is 0 Å². The van der Waals surface area contributed by atoms with Gasteiger partial charge in [0.15, 0.2) is 0 Å². The molecule has 1 aromatic carbocycles. The molecule has 0 atom stereocenters. The first kappa shape index (κ1) is 20.4. The third-order valence-electron chi connectivity index (χ3n) is 5.24. The molecule has 0 radical (unpaired) electrons. The van der Waals surface area contributed by atoms with Gasteiger partial charge in [0.2, 0.25) is 17.7 Å². The van der Waals surface area contributed by atoms with Crippen molar-refractivity contribution in [2.24, 2.45) is 5.92 Å². The van der Waals surface area contributed by atoms with Crippen LogP contribution in [0.5, 0.6) is 5.75 Å². The Morgan fingerprint density at radius 3 is 2.59 bits per heavy atom. The van der Waals surface area contributed by atoms with E-state index in [0.717, 1.165) is 5.56 Å². The molecular formula is C21H24N4O4. The number of carbonyl (C=O) groups excluding carboxylic acids is 2. The Kier molecular flexibility index (Phi) is 6.20. The maximum Gasteiger partial charge on any atom is 0.240 e. The van der Waals surface area contributed by atoms with Gasteiger partial charge in [-0.2, -0.15) is 5.26 Å². The van der Waals surface area contributed by atoms with Crippen LogP contribution in [0.2, 0.25) is 0 Å². The first-order valence-electron chi connectivity index (χ1n) is 9.50. The third kappa shape index (κ3) is 4.76. The lowest BCUT2D eigenvalue weighted by molar-refractivity contribution is -0.121. The van der Waals surface area contributed by atoms with E-state index in [4.69, 9.17) is 4.42 Å². The molecule has 2 aromatic rings. The normalized spacial score (nSPS) is 14.9. The number of carbonyl (C=O) groups is 2. The number of rotatable bonds is 5. The van der Waals surface area contributed by atoms with Crippen molar-refractivity contribution < 1.29 is 19.1 Å². The van der Waals surface area contributed by atoms with Gasteiger partial charge in [0.05, 0.1) is 12.2 Å². The van der Waals surface area contributed by atoms with Crippen molar-refractivity contribution >= 4 is 23.4 Å². The SMILES string of the molecule is Cc1oc(NC(=O)CN2CCC(C(=O)Nc3ccccc3O)CC2)c(C#N)c1C. The monoisotopic (exact) mass is 396 g/mol. The van der Waals surface area contributed by atoms with Crippen molar-refractivity contribution in [3.8, 4) is 11.8 Å². The molecule has 0 bridgehead atoms. The zero-order valence-electron chi connectivity index (χ0n) is 16.5. The van der Waals surface area contributed by atoms with Gasteiger partial charge in [0.25, 0.3) is 0 Å². The van der Waals surface area contributed by atoms with Crippen LogP contribution in [0.1, 0.15) is 29.7 Å². The minimum Gasteiger partial charge on any atom is -0.506 e. The van der Waals surface area contributed by atoms with Crippen molar-refractivity contribution in [2.45, 2.75) is 26.7 Å². The molecule has 152 valence electrons. The molecule has 1 saturated heterocycles. The van der Waals surface area contributed by atoms with Crippen molar-refractivity contribution in [3.05, 3.63) is 41.2 Å². The molecule has 8 nitrogen and oxygen atoms in total. The Hall–Kier alpha value is -3.31. The summed E-state index contributed by atoms with van der Waals surface area (Å²) >= 11 is 0. The predicted octanol–water partition coefficient (Wildman–Crippen LogP) is 2.76. The lowest BCUT2D eigenvalue weighted by Gasteiger charge is -2.30. The minimum absolute atomic E-state index is 0.0371. The van der Waals surface area contributed by atoms with Crippen LogP contribution in [0.15, 0.2) is 28.7 Å². The van der Waals surface area contributed by atoms with Gasteiger partial charge in [0, 0.05) is 11.5 Å². The summed E-state index contributed by atoms with van der Waals surface area (Å²) in [6.07, 6.45) is 1.24. The number of piperidine rings is 1. The number of phenolic OH excluding ortho intramolecular Hbond substituents is 1. The number of phenols is 1. The van der Waals surface area contributed by atoms with E-state index in [1.807, 2.05) is 4.90 Å². The molecule has 1 aliphatic heterocycles. The van der Waals surface area contributed by atoms with Gasteiger partial charge in [-0.3, -0.25) is 19.8 Å². The summed E-state index contributed by atoms with van der Waals surface area (Å²) in [5, 5.41) is 24.4. The highest BCUT2D eigenvalue weighted by molar-refractivity contribution is 5.94. The molecule has 3 rings (SSSR count). The minimum atomic E-state index is -0.257. The molecule has 0 spiro atoms. The number of nitrogens with one attached hydrogen (secondary N) is 2. The van der Waals surface area contributed by atoms with Crippen LogP contribution in [0, 0.1) is 31.1 Å². The van der Waals surface area contributed by atoms with Crippen LogP contribution in [-0.4, -0.2) is 41.5 Å². The molecule has 1 aliphatic rings. The zero-order valence-corrected chi connectivity index (χ0v) is 16.5. The molecule has 29 heavy (non-hydrogen) atoms. The van der Waals surface area contributed by atoms with E-state index in [2.05, 4.69) is 16.7 Å². The summed E-state index contributed by atoms with van der Waals surface area (Å²) < 4.78 is 5.46. The highest BCUT2D eigenvalue weighted by Gasteiger charge is 2.27.